The highest BCUT2D eigenvalue weighted by Crippen LogP contribution is 2.18. The van der Waals surface area contributed by atoms with Gasteiger partial charge in [-0.15, -0.1) is 0 Å². The van der Waals surface area contributed by atoms with Crippen molar-refractivity contribution >= 4 is 5.91 Å². The van der Waals surface area contributed by atoms with E-state index in [1.54, 1.807) is 6.92 Å². The van der Waals surface area contributed by atoms with Gasteiger partial charge in [-0.3, -0.25) is 9.59 Å². The Hall–Kier alpha value is -3.43. The van der Waals surface area contributed by atoms with Crippen molar-refractivity contribution in [3.63, 3.8) is 0 Å². The molecule has 10 heteroatoms. The van der Waals surface area contributed by atoms with Gasteiger partial charge < -0.3 is 5.32 Å². The number of benzene rings is 1. The minimum absolute atomic E-state index is 0.00419. The molecule has 0 saturated carbocycles. The maximum Gasteiger partial charge on any atom is 0.266 e. The molecule has 1 aromatic carbocycles. The van der Waals surface area contributed by atoms with Gasteiger partial charge in [-0.2, -0.15) is 5.10 Å². The molecule has 0 fully saturated rings. The lowest BCUT2D eigenvalue weighted by molar-refractivity contribution is -0.121. The van der Waals surface area contributed by atoms with Crippen LogP contribution in [-0.4, -0.2) is 32.0 Å². The highest BCUT2D eigenvalue weighted by molar-refractivity contribution is 5.78. The Morgan fingerprint density at radius 2 is 1.93 bits per heavy atom. The molecule has 2 heterocycles. The number of aryl methyl sites for hydroxylation is 1. The zero-order chi connectivity index (χ0) is 21.8. The Bertz CT molecular complexity index is 1110. The number of halogens is 2. The van der Waals surface area contributed by atoms with E-state index in [1.807, 2.05) is 13.8 Å². The van der Waals surface area contributed by atoms with Gasteiger partial charge in [0.05, 0.1) is 24.7 Å². The average Bonchev–Trinajstić information content (AvgIpc) is 3.09. The summed E-state index contributed by atoms with van der Waals surface area (Å²) in [6, 6.07) is 5.73. The molecule has 3 rings (SSSR count). The average molecular weight is 417 g/mol. The molecule has 1 amide bonds. The molecule has 0 aliphatic rings. The third-order valence-electron chi connectivity index (χ3n) is 4.68. The van der Waals surface area contributed by atoms with E-state index in [9.17, 15) is 18.4 Å². The second kappa shape index (κ2) is 8.93. The zero-order valence-electron chi connectivity index (χ0n) is 16.7. The van der Waals surface area contributed by atoms with Crippen molar-refractivity contribution in [3.8, 4) is 11.3 Å². The standard InChI is InChI=1S/C20H21F2N5O3/c1-11(2)18(23-19(28)9-17-12(3)25-30-26-17)10-27-20(29)7-6-16(24-27)13-4-5-14(21)15(22)8-13/h4-8,11,18H,9-10H2,1-3H3,(H,23,28)/t18-/m1/s1. The number of nitrogens with zero attached hydrogens (tertiary/aromatic N) is 4. The first-order chi connectivity index (χ1) is 14.2. The first-order valence-electron chi connectivity index (χ1n) is 9.35. The van der Waals surface area contributed by atoms with E-state index in [-0.39, 0.29) is 30.3 Å². The first kappa shape index (κ1) is 21.3. The molecule has 1 atom stereocenters. The molecule has 0 bridgehead atoms. The van der Waals surface area contributed by atoms with Gasteiger partial charge in [0, 0.05) is 11.6 Å². The van der Waals surface area contributed by atoms with Crippen LogP contribution in [-0.2, 0) is 17.8 Å². The summed E-state index contributed by atoms with van der Waals surface area (Å²) in [6.45, 7) is 5.60. The number of aromatic nitrogens is 4. The molecular weight excluding hydrogens is 396 g/mol. The molecule has 3 aromatic rings. The second-order valence-electron chi connectivity index (χ2n) is 7.26. The van der Waals surface area contributed by atoms with Crippen LogP contribution in [0.2, 0.25) is 0 Å². The van der Waals surface area contributed by atoms with Crippen molar-refractivity contribution in [2.24, 2.45) is 5.92 Å². The van der Waals surface area contributed by atoms with E-state index in [1.165, 1.54) is 22.9 Å². The van der Waals surface area contributed by atoms with Crippen LogP contribution in [0.3, 0.4) is 0 Å². The van der Waals surface area contributed by atoms with Crippen LogP contribution in [0.1, 0.15) is 25.2 Å². The number of rotatable bonds is 7. The molecule has 1 N–H and O–H groups in total. The normalized spacial score (nSPS) is 12.2. The summed E-state index contributed by atoms with van der Waals surface area (Å²) in [5.41, 5.74) is 1.24. The van der Waals surface area contributed by atoms with E-state index < -0.39 is 17.7 Å². The molecule has 0 aliphatic carbocycles. The van der Waals surface area contributed by atoms with Gasteiger partial charge in [0.2, 0.25) is 5.91 Å². The molecule has 158 valence electrons. The predicted octanol–water partition coefficient (Wildman–Crippen LogP) is 2.26. The number of hydrogen-bond donors (Lipinski definition) is 1. The van der Waals surface area contributed by atoms with E-state index >= 15 is 0 Å². The summed E-state index contributed by atoms with van der Waals surface area (Å²) < 4.78 is 32.5. The Kier molecular flexibility index (Phi) is 6.34. The molecule has 30 heavy (non-hydrogen) atoms. The van der Waals surface area contributed by atoms with Crippen LogP contribution < -0.4 is 10.9 Å². The molecule has 0 unspecified atom stereocenters. The Labute approximate surface area is 170 Å². The van der Waals surface area contributed by atoms with Crippen molar-refractivity contribution in [2.45, 2.75) is 39.8 Å². The van der Waals surface area contributed by atoms with Crippen LogP contribution in [0.25, 0.3) is 11.3 Å². The predicted molar refractivity (Wildman–Crippen MR) is 103 cm³/mol. The van der Waals surface area contributed by atoms with Crippen molar-refractivity contribution in [2.75, 3.05) is 0 Å². The highest BCUT2D eigenvalue weighted by Gasteiger charge is 2.20. The fraction of sp³-hybridized carbons (Fsp3) is 0.350. The molecule has 2 aromatic heterocycles. The molecule has 0 aliphatic heterocycles. The molecule has 0 saturated heterocycles. The minimum Gasteiger partial charge on any atom is -0.351 e. The van der Waals surface area contributed by atoms with Crippen LogP contribution in [0.4, 0.5) is 8.78 Å². The Morgan fingerprint density at radius 1 is 1.17 bits per heavy atom. The Morgan fingerprint density at radius 3 is 2.57 bits per heavy atom. The maximum atomic E-state index is 13.6. The van der Waals surface area contributed by atoms with Gasteiger partial charge in [-0.1, -0.05) is 24.2 Å². The summed E-state index contributed by atoms with van der Waals surface area (Å²) in [5, 5.41) is 14.5. The highest BCUT2D eigenvalue weighted by atomic mass is 19.2. The Balaban J connectivity index is 1.79. The fourth-order valence-electron chi connectivity index (χ4n) is 2.82. The molecule has 8 nitrogen and oxygen atoms in total. The van der Waals surface area contributed by atoms with Crippen LogP contribution in [0, 0.1) is 24.5 Å². The minimum atomic E-state index is -1.00. The summed E-state index contributed by atoms with van der Waals surface area (Å²) in [7, 11) is 0. The van der Waals surface area contributed by atoms with E-state index in [2.05, 4.69) is 25.4 Å². The van der Waals surface area contributed by atoms with Crippen molar-refractivity contribution in [1.29, 1.82) is 0 Å². The third kappa shape index (κ3) is 4.94. The summed E-state index contributed by atoms with van der Waals surface area (Å²) in [6.07, 6.45) is -0.00419. The largest absolute Gasteiger partial charge is 0.351 e. The van der Waals surface area contributed by atoms with Crippen molar-refractivity contribution < 1.29 is 18.2 Å². The summed E-state index contributed by atoms with van der Waals surface area (Å²) >= 11 is 0. The number of amides is 1. The molecule has 0 radical (unpaired) electrons. The van der Waals surface area contributed by atoms with E-state index in [0.717, 1.165) is 12.1 Å². The quantitative estimate of drug-likeness (QED) is 0.633. The van der Waals surface area contributed by atoms with Gasteiger partial charge in [0.15, 0.2) is 11.6 Å². The molecule has 0 spiro atoms. The first-order valence-corrected chi connectivity index (χ1v) is 9.35. The third-order valence-corrected chi connectivity index (χ3v) is 4.68. The SMILES string of the molecule is Cc1nonc1CC(=O)N[C@H](Cn1nc(-c2ccc(F)c(F)c2)ccc1=O)C(C)C. The fourth-order valence-corrected chi connectivity index (χ4v) is 2.82. The lowest BCUT2D eigenvalue weighted by atomic mass is 10.0. The van der Waals surface area contributed by atoms with Gasteiger partial charge in [0.1, 0.15) is 11.4 Å². The van der Waals surface area contributed by atoms with Gasteiger partial charge in [-0.05, 0) is 37.1 Å². The van der Waals surface area contributed by atoms with Crippen molar-refractivity contribution in [1.82, 2.24) is 25.4 Å². The van der Waals surface area contributed by atoms with Crippen LogP contribution in [0.5, 0.6) is 0 Å². The van der Waals surface area contributed by atoms with Crippen LogP contribution in [0.15, 0.2) is 39.8 Å². The van der Waals surface area contributed by atoms with E-state index in [0.29, 0.717) is 22.6 Å². The van der Waals surface area contributed by atoms with Gasteiger partial charge >= 0.3 is 0 Å². The van der Waals surface area contributed by atoms with Crippen LogP contribution >= 0.6 is 0 Å². The second-order valence-corrected chi connectivity index (χ2v) is 7.26. The number of hydrogen-bond acceptors (Lipinski definition) is 6. The number of nitrogens with one attached hydrogen (secondary N) is 1. The maximum absolute atomic E-state index is 13.6. The lowest BCUT2D eigenvalue weighted by Crippen LogP contribution is -2.44. The monoisotopic (exact) mass is 417 g/mol. The molecular formula is C20H21F2N5O3. The lowest BCUT2D eigenvalue weighted by Gasteiger charge is -2.23. The number of carbonyl (C=O) groups excluding carboxylic acids is 1. The summed E-state index contributed by atoms with van der Waals surface area (Å²) in [5.74, 6) is -2.27. The smallest absolute Gasteiger partial charge is 0.266 e. The summed E-state index contributed by atoms with van der Waals surface area (Å²) in [4.78, 5) is 24.7. The zero-order valence-corrected chi connectivity index (χ0v) is 16.7. The number of carbonyl (C=O) groups is 1. The van der Waals surface area contributed by atoms with Crippen molar-refractivity contribution in [3.05, 3.63) is 63.7 Å². The van der Waals surface area contributed by atoms with E-state index in [4.69, 9.17) is 0 Å². The van der Waals surface area contributed by atoms with Gasteiger partial charge in [-0.25, -0.2) is 18.1 Å². The topological polar surface area (TPSA) is 103 Å². The van der Waals surface area contributed by atoms with Gasteiger partial charge in [0.25, 0.3) is 5.56 Å².